The Morgan fingerprint density at radius 2 is 2.07 bits per heavy atom. The maximum Gasteiger partial charge on any atom is 0.193 e. The van der Waals surface area contributed by atoms with Gasteiger partial charge in [0, 0.05) is 35.3 Å². The number of aromatic nitrogens is 1. The highest BCUT2D eigenvalue weighted by atomic mass is 16.3. The third kappa shape index (κ3) is 2.69. The zero-order valence-corrected chi connectivity index (χ0v) is 16.0. The number of carbonyl (C=O) groups excluding carboxylic acids is 1. The summed E-state index contributed by atoms with van der Waals surface area (Å²) < 4.78 is 8.24. The Balaban J connectivity index is 1.97. The molecular weight excluding hydrogens is 350 g/mol. The molecule has 3 aromatic rings. The van der Waals surface area contributed by atoms with Gasteiger partial charge in [0.15, 0.2) is 17.0 Å². The molecule has 0 amide bonds. The van der Waals surface area contributed by atoms with Crippen molar-refractivity contribution < 1.29 is 9.21 Å². The Bertz CT molecular complexity index is 1230. The molecule has 0 N–H and O–H groups in total. The Kier molecular flexibility index (Phi) is 4.47. The first-order chi connectivity index (χ1) is 13.6. The number of rotatable bonds is 4. The third-order valence-corrected chi connectivity index (χ3v) is 5.20. The van der Waals surface area contributed by atoms with Gasteiger partial charge in [-0.2, -0.15) is 0 Å². The highest BCUT2D eigenvalue weighted by molar-refractivity contribution is 6.04. The number of hydrogen-bond acceptors (Lipinski definition) is 3. The molecule has 0 bridgehead atoms. The number of benzene rings is 1. The van der Waals surface area contributed by atoms with Crippen molar-refractivity contribution in [3.05, 3.63) is 88.3 Å². The van der Waals surface area contributed by atoms with Crippen molar-refractivity contribution in [1.29, 1.82) is 0 Å². The lowest BCUT2D eigenvalue weighted by atomic mass is 9.97. The zero-order valence-electron chi connectivity index (χ0n) is 16.0. The minimum atomic E-state index is -0.359. The number of para-hydroxylation sites is 1. The van der Waals surface area contributed by atoms with Gasteiger partial charge in [-0.05, 0) is 31.9 Å². The van der Waals surface area contributed by atoms with Crippen molar-refractivity contribution in [2.24, 2.45) is 0 Å². The molecule has 28 heavy (non-hydrogen) atoms. The van der Waals surface area contributed by atoms with Crippen LogP contribution in [0.5, 0.6) is 0 Å². The van der Waals surface area contributed by atoms with Crippen LogP contribution in [0.4, 0.5) is 0 Å². The number of pyridine rings is 1. The summed E-state index contributed by atoms with van der Waals surface area (Å²) in [5, 5.41) is 1.07. The molecule has 4 rings (SSSR count). The number of fused-ring (bicyclic) bond motifs is 5. The van der Waals surface area contributed by atoms with Crippen molar-refractivity contribution in [3.63, 3.8) is 0 Å². The minimum absolute atomic E-state index is 0.142. The number of furan rings is 1. The summed E-state index contributed by atoms with van der Waals surface area (Å²) in [6.45, 7) is 8.15. The van der Waals surface area contributed by atoms with E-state index in [2.05, 4.69) is 24.8 Å². The quantitative estimate of drug-likeness (QED) is 0.361. The Morgan fingerprint density at radius 1 is 1.25 bits per heavy atom. The van der Waals surface area contributed by atoms with Gasteiger partial charge < -0.3 is 8.98 Å². The van der Waals surface area contributed by atoms with Crippen molar-refractivity contribution in [1.82, 2.24) is 4.57 Å². The van der Waals surface area contributed by atoms with Crippen LogP contribution < -0.4 is 5.43 Å². The summed E-state index contributed by atoms with van der Waals surface area (Å²) in [6.07, 6.45) is 9.69. The second-order valence-electron chi connectivity index (χ2n) is 6.78. The highest BCUT2D eigenvalue weighted by Crippen LogP contribution is 2.39. The maximum atomic E-state index is 12.5. The number of carbonyl (C=O) groups is 1. The molecule has 0 aliphatic carbocycles. The fraction of sp³-hybridized carbons (Fsp3) is 0.167. The van der Waals surface area contributed by atoms with Gasteiger partial charge in [0.2, 0.25) is 0 Å². The first-order valence-corrected chi connectivity index (χ1v) is 9.34. The summed E-state index contributed by atoms with van der Waals surface area (Å²) >= 11 is 0. The van der Waals surface area contributed by atoms with E-state index in [-0.39, 0.29) is 16.8 Å². The van der Waals surface area contributed by atoms with Crippen molar-refractivity contribution in [3.8, 4) is 11.5 Å². The lowest BCUT2D eigenvalue weighted by Crippen LogP contribution is -2.20. The van der Waals surface area contributed by atoms with Gasteiger partial charge in [-0.15, -0.1) is 0 Å². The first-order valence-electron chi connectivity index (χ1n) is 9.34. The molecule has 3 heterocycles. The van der Waals surface area contributed by atoms with E-state index in [0.717, 1.165) is 34.1 Å². The molecular formula is C24H21NO3. The van der Waals surface area contributed by atoms with Crippen LogP contribution in [0.1, 0.15) is 35.3 Å². The van der Waals surface area contributed by atoms with Crippen LogP contribution in [-0.4, -0.2) is 10.4 Å². The molecule has 0 radical (unpaired) electrons. The second kappa shape index (κ2) is 6.97. The van der Waals surface area contributed by atoms with E-state index in [9.17, 15) is 9.59 Å². The highest BCUT2D eigenvalue weighted by Gasteiger charge is 2.25. The Morgan fingerprint density at radius 3 is 2.79 bits per heavy atom. The average Bonchev–Trinajstić information content (AvgIpc) is 3.10. The normalized spacial score (nSPS) is 13.6. The van der Waals surface area contributed by atoms with Gasteiger partial charge in [0.25, 0.3) is 0 Å². The van der Waals surface area contributed by atoms with E-state index in [1.165, 1.54) is 12.1 Å². The average molecular weight is 371 g/mol. The number of hydrogen-bond donors (Lipinski definition) is 0. The summed E-state index contributed by atoms with van der Waals surface area (Å²) in [4.78, 5) is 24.4. The predicted octanol–water partition coefficient (Wildman–Crippen LogP) is 5.17. The summed E-state index contributed by atoms with van der Waals surface area (Å²) in [6, 6.07) is 7.65. The van der Waals surface area contributed by atoms with E-state index in [1.807, 2.05) is 36.6 Å². The Labute approximate surface area is 163 Å². The molecule has 2 aromatic heterocycles. The monoisotopic (exact) mass is 371 g/mol. The first kappa shape index (κ1) is 18.0. The van der Waals surface area contributed by atoms with E-state index in [4.69, 9.17) is 4.42 Å². The van der Waals surface area contributed by atoms with Gasteiger partial charge in [-0.1, -0.05) is 43.0 Å². The van der Waals surface area contributed by atoms with Gasteiger partial charge >= 0.3 is 0 Å². The van der Waals surface area contributed by atoms with Crippen LogP contribution in [0.25, 0.3) is 28.0 Å². The van der Waals surface area contributed by atoms with E-state index < -0.39 is 0 Å². The van der Waals surface area contributed by atoms with Crippen molar-refractivity contribution in [2.45, 2.75) is 26.8 Å². The SMILES string of the molecule is C=CC(=O)c1cn2c(cc1=O)-c1oc3c(C(/C=C\C)=C/C)cccc3c1CC2. The smallest absolute Gasteiger partial charge is 0.193 e. The molecule has 1 aliphatic rings. The molecule has 140 valence electrons. The summed E-state index contributed by atoms with van der Waals surface area (Å²) in [5.41, 5.74) is 4.59. The Hall–Kier alpha value is -3.40. The van der Waals surface area contributed by atoms with Crippen LogP contribution in [0, 0.1) is 0 Å². The van der Waals surface area contributed by atoms with Crippen LogP contribution in [0.3, 0.4) is 0 Å². The molecule has 0 saturated carbocycles. The molecule has 0 fully saturated rings. The minimum Gasteiger partial charge on any atom is -0.454 e. The fourth-order valence-corrected chi connectivity index (χ4v) is 3.86. The zero-order chi connectivity index (χ0) is 19.8. The topological polar surface area (TPSA) is 52.2 Å². The van der Waals surface area contributed by atoms with Gasteiger partial charge in [0.05, 0.1) is 11.3 Å². The largest absolute Gasteiger partial charge is 0.454 e. The summed E-state index contributed by atoms with van der Waals surface area (Å²) in [7, 11) is 0. The summed E-state index contributed by atoms with van der Waals surface area (Å²) in [5.74, 6) is 0.349. The number of nitrogens with zero attached hydrogens (tertiary/aromatic N) is 1. The standard InChI is InChI=1S/C24H21NO3/c1-4-8-15(5-2)16-9-7-10-17-18-11-12-25-14-19(21(26)6-3)22(27)13-20(25)24(18)28-23(16)17/h4-10,13-14H,3,11-12H2,1-2H3/b8-4-,15-5+. The van der Waals surface area contributed by atoms with Gasteiger partial charge in [0.1, 0.15) is 5.58 Å². The third-order valence-electron chi connectivity index (χ3n) is 5.20. The molecule has 4 heteroatoms. The maximum absolute atomic E-state index is 12.5. The second-order valence-corrected chi connectivity index (χ2v) is 6.78. The molecule has 1 aliphatic heterocycles. The lowest BCUT2D eigenvalue weighted by Gasteiger charge is -2.18. The number of ketones is 1. The van der Waals surface area contributed by atoms with Gasteiger partial charge in [-0.25, -0.2) is 0 Å². The van der Waals surface area contributed by atoms with E-state index >= 15 is 0 Å². The molecule has 0 saturated heterocycles. The molecule has 0 unspecified atom stereocenters. The molecule has 4 nitrogen and oxygen atoms in total. The van der Waals surface area contributed by atoms with Crippen LogP contribution in [0.15, 0.2) is 70.6 Å². The molecule has 1 aromatic carbocycles. The molecule has 0 atom stereocenters. The lowest BCUT2D eigenvalue weighted by molar-refractivity contribution is 0.104. The van der Waals surface area contributed by atoms with Gasteiger partial charge in [-0.3, -0.25) is 9.59 Å². The van der Waals surface area contributed by atoms with Crippen LogP contribution >= 0.6 is 0 Å². The van der Waals surface area contributed by atoms with E-state index in [0.29, 0.717) is 18.0 Å². The van der Waals surface area contributed by atoms with Crippen LogP contribution in [0.2, 0.25) is 0 Å². The van der Waals surface area contributed by atoms with Crippen LogP contribution in [-0.2, 0) is 13.0 Å². The van der Waals surface area contributed by atoms with Crippen molar-refractivity contribution in [2.75, 3.05) is 0 Å². The fourth-order valence-electron chi connectivity index (χ4n) is 3.86. The number of aryl methyl sites for hydroxylation is 2. The predicted molar refractivity (Wildman–Crippen MR) is 113 cm³/mol. The van der Waals surface area contributed by atoms with Crippen molar-refractivity contribution >= 4 is 22.3 Å². The molecule has 0 spiro atoms. The van der Waals surface area contributed by atoms with E-state index in [1.54, 1.807) is 6.20 Å². The number of allylic oxidation sites excluding steroid dienone is 5.